The van der Waals surface area contributed by atoms with Gasteiger partial charge in [0.15, 0.2) is 0 Å². The summed E-state index contributed by atoms with van der Waals surface area (Å²) in [6.45, 7) is 1.65. The van der Waals surface area contributed by atoms with Crippen LogP contribution in [-0.4, -0.2) is 34.9 Å². The van der Waals surface area contributed by atoms with Crippen molar-refractivity contribution in [1.29, 1.82) is 0 Å². The van der Waals surface area contributed by atoms with E-state index in [0.717, 1.165) is 6.26 Å². The van der Waals surface area contributed by atoms with Gasteiger partial charge in [-0.05, 0) is 25.1 Å². The lowest BCUT2D eigenvalue weighted by Gasteiger charge is -2.16. The summed E-state index contributed by atoms with van der Waals surface area (Å²) < 4.78 is 44.8. The van der Waals surface area contributed by atoms with Crippen LogP contribution in [0.25, 0.3) is 0 Å². The van der Waals surface area contributed by atoms with E-state index in [1.165, 1.54) is 18.2 Å². The molecule has 1 aromatic rings. The lowest BCUT2D eigenvalue weighted by Crippen LogP contribution is -2.25. The second-order valence-electron chi connectivity index (χ2n) is 4.32. The first-order valence-corrected chi connectivity index (χ1v) is 9.24. The van der Waals surface area contributed by atoms with Crippen molar-refractivity contribution in [2.24, 2.45) is 5.14 Å². The van der Waals surface area contributed by atoms with Gasteiger partial charge in [0.25, 0.3) is 0 Å². The number of rotatable bonds is 5. The second kappa shape index (κ2) is 5.66. The van der Waals surface area contributed by atoms with Gasteiger partial charge in [0, 0.05) is 12.3 Å². The molecule has 0 radical (unpaired) electrons. The van der Waals surface area contributed by atoms with Gasteiger partial charge < -0.3 is 5.32 Å². The fourth-order valence-electron chi connectivity index (χ4n) is 1.55. The topological polar surface area (TPSA) is 106 Å². The van der Waals surface area contributed by atoms with Crippen LogP contribution in [-0.2, 0) is 19.9 Å². The van der Waals surface area contributed by atoms with E-state index in [-0.39, 0.29) is 15.7 Å². The van der Waals surface area contributed by atoms with E-state index in [4.69, 9.17) is 16.7 Å². The summed E-state index contributed by atoms with van der Waals surface area (Å²) in [7, 11) is -6.97. The van der Waals surface area contributed by atoms with Crippen molar-refractivity contribution >= 4 is 37.1 Å². The highest BCUT2D eigenvalue weighted by Crippen LogP contribution is 2.25. The van der Waals surface area contributed by atoms with Gasteiger partial charge in [-0.1, -0.05) is 11.6 Å². The zero-order valence-corrected chi connectivity index (χ0v) is 12.8. The summed E-state index contributed by atoms with van der Waals surface area (Å²) in [4.78, 5) is -0.0917. The summed E-state index contributed by atoms with van der Waals surface area (Å²) in [5.74, 6) is -0.0943. The van der Waals surface area contributed by atoms with E-state index in [9.17, 15) is 16.8 Å². The lowest BCUT2D eigenvalue weighted by atomic mass is 10.3. The van der Waals surface area contributed by atoms with Gasteiger partial charge in [-0.2, -0.15) is 0 Å². The summed E-state index contributed by atoms with van der Waals surface area (Å²) in [5, 5.41) is 8.15. The average Bonchev–Trinajstić information content (AvgIpc) is 2.16. The summed E-state index contributed by atoms with van der Waals surface area (Å²) >= 11 is 5.91. The molecule has 3 N–H and O–H groups in total. The minimum atomic E-state index is -3.83. The zero-order chi connectivity index (χ0) is 14.8. The molecule has 0 amide bonds. The molecule has 1 aromatic carbocycles. The van der Waals surface area contributed by atoms with Gasteiger partial charge in [-0.25, -0.2) is 22.0 Å². The smallest absolute Gasteiger partial charge is 0.238 e. The average molecular weight is 327 g/mol. The maximum Gasteiger partial charge on any atom is 0.238 e. The maximum atomic E-state index is 11.2. The number of anilines is 1. The summed E-state index contributed by atoms with van der Waals surface area (Å²) in [6.07, 6.45) is 1.12. The predicted molar refractivity (Wildman–Crippen MR) is 75.6 cm³/mol. The molecule has 0 saturated carbocycles. The molecular weight excluding hydrogens is 312 g/mol. The Labute approximate surface area is 117 Å². The molecule has 0 aromatic heterocycles. The Kier molecular flexibility index (Phi) is 4.83. The van der Waals surface area contributed by atoms with Crippen LogP contribution in [0, 0.1) is 0 Å². The number of sulfonamides is 1. The molecule has 0 aliphatic carbocycles. The Balaban J connectivity index is 3.01. The second-order valence-corrected chi connectivity index (χ2v) is 8.48. The molecule has 108 valence electrons. The Morgan fingerprint density at radius 3 is 2.37 bits per heavy atom. The molecule has 1 atom stereocenters. The van der Waals surface area contributed by atoms with Crippen LogP contribution in [0.2, 0.25) is 5.02 Å². The lowest BCUT2D eigenvalue weighted by molar-refractivity contribution is 0.595. The molecular formula is C10H15ClN2O4S2. The highest BCUT2D eigenvalue weighted by atomic mass is 35.5. The molecule has 0 bridgehead atoms. The van der Waals surface area contributed by atoms with E-state index in [1.807, 2.05) is 0 Å². The number of primary sulfonamides is 1. The van der Waals surface area contributed by atoms with Gasteiger partial charge in [0.2, 0.25) is 10.0 Å². The number of sulfone groups is 1. The molecule has 0 aliphatic heterocycles. The number of hydrogen-bond donors (Lipinski definition) is 2. The van der Waals surface area contributed by atoms with Crippen LogP contribution in [0.5, 0.6) is 0 Å². The van der Waals surface area contributed by atoms with Crippen molar-refractivity contribution in [3.05, 3.63) is 23.2 Å². The van der Waals surface area contributed by atoms with Gasteiger partial charge in [-0.3, -0.25) is 0 Å². The maximum absolute atomic E-state index is 11.2. The number of hydrogen-bond acceptors (Lipinski definition) is 5. The molecule has 0 heterocycles. The Morgan fingerprint density at radius 2 is 1.89 bits per heavy atom. The number of nitrogens with two attached hydrogens (primary N) is 1. The van der Waals surface area contributed by atoms with Gasteiger partial charge >= 0.3 is 0 Å². The standard InChI is InChI=1S/C10H15ClN2O4S2/c1-7(6-18(2,14)15)13-10-5-8(19(12,16)17)3-4-9(10)11/h3-5,7,13H,6H2,1-2H3,(H2,12,16,17). The molecule has 6 nitrogen and oxygen atoms in total. The van der Waals surface area contributed by atoms with Crippen LogP contribution >= 0.6 is 11.6 Å². The first-order chi connectivity index (χ1) is 8.49. The van der Waals surface area contributed by atoms with Crippen molar-refractivity contribution in [1.82, 2.24) is 0 Å². The first kappa shape index (κ1) is 16.2. The van der Waals surface area contributed by atoms with E-state index in [0.29, 0.717) is 5.69 Å². The number of nitrogens with one attached hydrogen (secondary N) is 1. The van der Waals surface area contributed by atoms with E-state index < -0.39 is 25.9 Å². The van der Waals surface area contributed by atoms with Crippen molar-refractivity contribution in [3.8, 4) is 0 Å². The van der Waals surface area contributed by atoms with Gasteiger partial charge in [0.1, 0.15) is 9.84 Å². The van der Waals surface area contributed by atoms with Crippen molar-refractivity contribution in [2.75, 3.05) is 17.3 Å². The van der Waals surface area contributed by atoms with Crippen LogP contribution < -0.4 is 10.5 Å². The predicted octanol–water partition coefficient (Wildman–Crippen LogP) is 0.832. The van der Waals surface area contributed by atoms with Gasteiger partial charge in [0.05, 0.1) is 21.4 Å². The molecule has 0 saturated heterocycles. The minimum Gasteiger partial charge on any atom is -0.380 e. The van der Waals surface area contributed by atoms with Crippen molar-refractivity contribution in [3.63, 3.8) is 0 Å². The Hall–Kier alpha value is -0.830. The SMILES string of the molecule is CC(CS(C)(=O)=O)Nc1cc(S(N)(=O)=O)ccc1Cl. The van der Waals surface area contributed by atoms with Crippen molar-refractivity contribution < 1.29 is 16.8 Å². The molecule has 0 aliphatic rings. The molecule has 1 rings (SSSR count). The highest BCUT2D eigenvalue weighted by molar-refractivity contribution is 7.90. The number of benzene rings is 1. The molecule has 0 spiro atoms. The largest absolute Gasteiger partial charge is 0.380 e. The summed E-state index contributed by atoms with van der Waals surface area (Å²) in [5.41, 5.74) is 0.323. The van der Waals surface area contributed by atoms with Crippen LogP contribution in [0.15, 0.2) is 23.1 Å². The molecule has 0 fully saturated rings. The van der Waals surface area contributed by atoms with E-state index in [1.54, 1.807) is 6.92 Å². The first-order valence-electron chi connectivity index (χ1n) is 5.25. The zero-order valence-electron chi connectivity index (χ0n) is 10.4. The fraction of sp³-hybridized carbons (Fsp3) is 0.400. The van der Waals surface area contributed by atoms with E-state index >= 15 is 0 Å². The monoisotopic (exact) mass is 326 g/mol. The molecule has 1 unspecified atom stereocenters. The quantitative estimate of drug-likeness (QED) is 0.833. The van der Waals surface area contributed by atoms with Gasteiger partial charge in [-0.15, -0.1) is 0 Å². The fourth-order valence-corrected chi connectivity index (χ4v) is 3.26. The molecule has 19 heavy (non-hydrogen) atoms. The third-order valence-electron chi connectivity index (χ3n) is 2.22. The highest BCUT2D eigenvalue weighted by Gasteiger charge is 2.14. The normalized spacial score (nSPS) is 14.1. The van der Waals surface area contributed by atoms with Crippen LogP contribution in [0.3, 0.4) is 0 Å². The third-order valence-corrected chi connectivity index (χ3v) is 4.57. The number of halogens is 1. The Morgan fingerprint density at radius 1 is 1.32 bits per heavy atom. The van der Waals surface area contributed by atoms with Crippen molar-refractivity contribution in [2.45, 2.75) is 17.9 Å². The van der Waals surface area contributed by atoms with E-state index in [2.05, 4.69) is 5.32 Å². The minimum absolute atomic E-state index is 0.0917. The Bertz CT molecular complexity index is 671. The third kappa shape index (κ3) is 5.35. The van der Waals surface area contributed by atoms with Crippen LogP contribution in [0.1, 0.15) is 6.92 Å². The molecule has 9 heteroatoms. The van der Waals surface area contributed by atoms with Crippen LogP contribution in [0.4, 0.5) is 5.69 Å². The summed E-state index contributed by atoms with van der Waals surface area (Å²) in [6, 6.07) is 3.53.